The minimum Gasteiger partial charge on any atom is -0.0913 e. The molecule has 0 N–H and O–H groups in total. The second kappa shape index (κ2) is 6.55. The molecule has 0 atom stereocenters. The van der Waals surface area contributed by atoms with Gasteiger partial charge in [0.25, 0.3) is 0 Å². The Labute approximate surface area is 153 Å². The van der Waals surface area contributed by atoms with E-state index in [1.54, 1.807) is 49.7 Å². The third kappa shape index (κ3) is 3.19. The van der Waals surface area contributed by atoms with Gasteiger partial charge >= 0.3 is 0 Å². The van der Waals surface area contributed by atoms with E-state index in [0.717, 1.165) is 17.8 Å². The highest BCUT2D eigenvalue weighted by molar-refractivity contribution is 7.57. The van der Waals surface area contributed by atoms with Gasteiger partial charge in [0.15, 0.2) is 0 Å². The van der Waals surface area contributed by atoms with Gasteiger partial charge in [-0.25, -0.2) is 0 Å². The molecule has 0 spiro atoms. The first kappa shape index (κ1) is 16.1. The average Bonchev–Trinajstić information content (AvgIpc) is 2.62. The zero-order valence-electron chi connectivity index (χ0n) is 15.1. The second-order valence-corrected chi connectivity index (χ2v) is 11.6. The van der Waals surface area contributed by atoms with E-state index in [1.165, 1.54) is 12.3 Å². The lowest BCUT2D eigenvalue weighted by Crippen LogP contribution is -2.49. The van der Waals surface area contributed by atoms with Gasteiger partial charge in [0.2, 0.25) is 0 Å². The summed E-state index contributed by atoms with van der Waals surface area (Å²) in [5, 5.41) is 0.690. The number of hydrogen-bond acceptors (Lipinski definition) is 0. The summed E-state index contributed by atoms with van der Waals surface area (Å²) in [5.74, 6) is 3.17. The first-order valence-electron chi connectivity index (χ1n) is 10.1. The van der Waals surface area contributed by atoms with Crippen LogP contribution in [0.25, 0.3) is 0 Å². The average molecular weight is 348 g/mol. The van der Waals surface area contributed by atoms with Crippen LogP contribution in [0.15, 0.2) is 60.7 Å². The largest absolute Gasteiger partial charge is 0.0913 e. The summed E-state index contributed by atoms with van der Waals surface area (Å²) in [5.41, 5.74) is 3.14. The minimum atomic E-state index is 0.0127. The van der Waals surface area contributed by atoms with Crippen molar-refractivity contribution in [2.45, 2.75) is 56.0 Å². The molecular weight excluding hydrogens is 319 g/mol. The molecule has 6 rings (SSSR count). The van der Waals surface area contributed by atoms with Crippen molar-refractivity contribution < 1.29 is 0 Å². The molecule has 0 nitrogen and oxygen atoms in total. The highest BCUT2D eigenvalue weighted by atomic mass is 31.1. The molecule has 4 aliphatic carbocycles. The fraction of sp³-hybridized carbons (Fsp3) is 0.500. The molecule has 0 aliphatic heterocycles. The summed E-state index contributed by atoms with van der Waals surface area (Å²) in [6, 6.07) is 22.7. The third-order valence-corrected chi connectivity index (χ3v) is 10.5. The van der Waals surface area contributed by atoms with E-state index in [4.69, 9.17) is 0 Å². The highest BCUT2D eigenvalue weighted by Gasteiger charge is 2.53. The summed E-state index contributed by atoms with van der Waals surface area (Å²) in [4.78, 5) is 0. The monoisotopic (exact) mass is 348 g/mol. The molecule has 0 heterocycles. The van der Waals surface area contributed by atoms with Crippen LogP contribution in [-0.4, -0.2) is 5.16 Å². The fourth-order valence-corrected chi connectivity index (χ4v) is 10.1. The van der Waals surface area contributed by atoms with Crippen LogP contribution in [0.2, 0.25) is 0 Å². The van der Waals surface area contributed by atoms with E-state index in [1.807, 2.05) is 0 Å². The van der Waals surface area contributed by atoms with Crippen LogP contribution in [0.5, 0.6) is 0 Å². The Kier molecular flexibility index (Phi) is 4.21. The van der Waals surface area contributed by atoms with Crippen LogP contribution >= 0.6 is 7.92 Å². The van der Waals surface area contributed by atoms with Gasteiger partial charge in [-0.1, -0.05) is 68.6 Å². The zero-order valence-corrected chi connectivity index (χ0v) is 16.0. The van der Waals surface area contributed by atoms with E-state index < -0.39 is 0 Å². The summed E-state index contributed by atoms with van der Waals surface area (Å²) in [7, 11) is 0.0127. The molecule has 4 fully saturated rings. The predicted molar refractivity (Wildman–Crippen MR) is 108 cm³/mol. The molecule has 0 saturated heterocycles. The number of benzene rings is 2. The molecule has 4 saturated carbocycles. The first-order chi connectivity index (χ1) is 12.3. The summed E-state index contributed by atoms with van der Waals surface area (Å²) < 4.78 is 0. The van der Waals surface area contributed by atoms with Crippen LogP contribution in [-0.2, 0) is 12.3 Å². The summed E-state index contributed by atoms with van der Waals surface area (Å²) in [6.07, 6.45) is 12.0. The van der Waals surface area contributed by atoms with E-state index >= 15 is 0 Å². The highest BCUT2D eigenvalue weighted by Crippen LogP contribution is 2.70. The molecule has 0 amide bonds. The zero-order chi connectivity index (χ0) is 16.7. The smallest absolute Gasteiger partial charge is 0.00651 e. The SMILES string of the molecule is c1ccc(CP(Cc2ccccc2)C23CC4CC(CC(C4)C2)C3)cc1. The van der Waals surface area contributed by atoms with Gasteiger partial charge in [-0.15, -0.1) is 0 Å². The maximum atomic E-state index is 2.36. The summed E-state index contributed by atoms with van der Waals surface area (Å²) >= 11 is 0. The molecule has 25 heavy (non-hydrogen) atoms. The van der Waals surface area contributed by atoms with Crippen molar-refractivity contribution in [1.29, 1.82) is 0 Å². The van der Waals surface area contributed by atoms with E-state index in [-0.39, 0.29) is 7.92 Å². The quantitative estimate of drug-likeness (QED) is 0.519. The standard InChI is InChI=1S/C24H29P/c1-3-7-19(8-4-1)17-25(18-20-9-5-2-6-10-20)24-14-21-11-22(15-24)13-23(12-21)16-24/h1-10,21-23H,11-18H2. The molecule has 1 heteroatoms. The van der Waals surface area contributed by atoms with E-state index in [9.17, 15) is 0 Å². The van der Waals surface area contributed by atoms with Gasteiger partial charge in [-0.05, 0) is 84.9 Å². The molecule has 130 valence electrons. The maximum absolute atomic E-state index is 2.36. The van der Waals surface area contributed by atoms with Crippen LogP contribution in [0.4, 0.5) is 0 Å². The van der Waals surface area contributed by atoms with Crippen molar-refractivity contribution in [3.63, 3.8) is 0 Å². The van der Waals surface area contributed by atoms with Gasteiger partial charge in [0.1, 0.15) is 0 Å². The van der Waals surface area contributed by atoms with Gasteiger partial charge in [-0.2, -0.15) is 0 Å². The fourth-order valence-electron chi connectivity index (χ4n) is 6.45. The number of hydrogen-bond donors (Lipinski definition) is 0. The van der Waals surface area contributed by atoms with Gasteiger partial charge in [0.05, 0.1) is 0 Å². The maximum Gasteiger partial charge on any atom is -0.00651 e. The summed E-state index contributed by atoms with van der Waals surface area (Å²) in [6.45, 7) is 0. The molecule has 0 unspecified atom stereocenters. The van der Waals surface area contributed by atoms with Crippen molar-refractivity contribution in [3.8, 4) is 0 Å². The molecule has 4 aliphatic rings. The van der Waals surface area contributed by atoms with Crippen LogP contribution in [0.3, 0.4) is 0 Å². The lowest BCUT2D eigenvalue weighted by molar-refractivity contribution is 0.0353. The van der Waals surface area contributed by atoms with Crippen molar-refractivity contribution >= 4 is 7.92 Å². The third-order valence-electron chi connectivity index (χ3n) is 7.11. The Bertz CT molecular complexity index is 629. The van der Waals surface area contributed by atoms with Crippen molar-refractivity contribution in [2.24, 2.45) is 17.8 Å². The molecule has 4 bridgehead atoms. The van der Waals surface area contributed by atoms with Crippen LogP contribution in [0, 0.1) is 17.8 Å². The van der Waals surface area contributed by atoms with Crippen LogP contribution in [0.1, 0.15) is 49.7 Å². The molecule has 0 radical (unpaired) electrons. The molecule has 0 aromatic heterocycles. The molecular formula is C24H29P. The topological polar surface area (TPSA) is 0 Å². The van der Waals surface area contributed by atoms with Crippen molar-refractivity contribution in [1.82, 2.24) is 0 Å². The second-order valence-electron chi connectivity index (χ2n) is 8.97. The lowest BCUT2D eigenvalue weighted by Gasteiger charge is -2.60. The lowest BCUT2D eigenvalue weighted by atomic mass is 9.56. The van der Waals surface area contributed by atoms with Crippen molar-refractivity contribution in [3.05, 3.63) is 71.8 Å². The first-order valence-corrected chi connectivity index (χ1v) is 11.8. The van der Waals surface area contributed by atoms with Crippen LogP contribution < -0.4 is 0 Å². The Morgan fingerprint density at radius 3 is 1.44 bits per heavy atom. The van der Waals surface area contributed by atoms with E-state index in [2.05, 4.69) is 60.7 Å². The van der Waals surface area contributed by atoms with Crippen molar-refractivity contribution in [2.75, 3.05) is 0 Å². The predicted octanol–water partition coefficient (Wildman–Crippen LogP) is 6.84. The minimum absolute atomic E-state index is 0.0127. The normalized spacial score (nSPS) is 33.1. The molecule has 2 aromatic carbocycles. The Morgan fingerprint density at radius 2 is 1.04 bits per heavy atom. The van der Waals surface area contributed by atoms with E-state index in [0.29, 0.717) is 5.16 Å². The Hall–Kier alpha value is -1.13. The molecule has 2 aromatic rings. The van der Waals surface area contributed by atoms with Gasteiger partial charge in [-0.3, -0.25) is 0 Å². The Morgan fingerprint density at radius 1 is 0.640 bits per heavy atom. The van der Waals surface area contributed by atoms with Gasteiger partial charge in [0, 0.05) is 0 Å². The van der Waals surface area contributed by atoms with Gasteiger partial charge < -0.3 is 0 Å². The number of rotatable bonds is 5. The Balaban J connectivity index is 1.46.